The van der Waals surface area contributed by atoms with Gasteiger partial charge in [0.15, 0.2) is 17.3 Å². The summed E-state index contributed by atoms with van der Waals surface area (Å²) in [5.41, 5.74) is 1.29. The Morgan fingerprint density at radius 1 is 1.28 bits per heavy atom. The van der Waals surface area contributed by atoms with E-state index in [1.807, 2.05) is 50.0 Å². The van der Waals surface area contributed by atoms with Gasteiger partial charge in [0, 0.05) is 11.9 Å². The van der Waals surface area contributed by atoms with E-state index in [0.29, 0.717) is 23.6 Å². The predicted octanol–water partition coefficient (Wildman–Crippen LogP) is 4.97. The molecule has 2 heterocycles. The van der Waals surface area contributed by atoms with Gasteiger partial charge in [-0.05, 0) is 38.2 Å². The normalized spacial score (nSPS) is 14.1. The van der Waals surface area contributed by atoms with Gasteiger partial charge in [-0.15, -0.1) is 0 Å². The Hall–Kier alpha value is -1.72. The molecule has 0 bridgehead atoms. The number of para-hydroxylation sites is 1. The summed E-state index contributed by atoms with van der Waals surface area (Å²) in [4.78, 5) is 4.27. The molecule has 0 aliphatic heterocycles. The number of nitrogens with one attached hydrogen (secondary N) is 1. The summed E-state index contributed by atoms with van der Waals surface area (Å²) in [5.74, 6) is 0.872. The summed E-state index contributed by atoms with van der Waals surface area (Å²) in [6.07, 6.45) is 0.450. The van der Waals surface area contributed by atoms with Crippen LogP contribution in [0.5, 0.6) is 11.5 Å². The van der Waals surface area contributed by atoms with Gasteiger partial charge < -0.3 is 13.9 Å². The Kier molecular flexibility index (Phi) is 6.79. The molecule has 1 aromatic carbocycles. The van der Waals surface area contributed by atoms with Crippen molar-refractivity contribution in [1.29, 1.82) is 0 Å². The van der Waals surface area contributed by atoms with Gasteiger partial charge in [-0.1, -0.05) is 40.2 Å². The van der Waals surface area contributed by atoms with Crippen molar-refractivity contribution in [2.24, 2.45) is 0 Å². The molecule has 0 saturated carbocycles. The summed E-state index contributed by atoms with van der Waals surface area (Å²) in [6.45, 7) is 6.31. The zero-order chi connectivity index (χ0) is 21.2. The van der Waals surface area contributed by atoms with E-state index in [4.69, 9.17) is 13.4 Å². The van der Waals surface area contributed by atoms with Gasteiger partial charge in [-0.2, -0.15) is 0 Å². The molecule has 0 aliphatic rings. The number of benzene rings is 1. The molecule has 156 valence electrons. The van der Waals surface area contributed by atoms with Crippen molar-refractivity contribution in [2.45, 2.75) is 30.9 Å². The summed E-state index contributed by atoms with van der Waals surface area (Å²) >= 11 is 1.46. The van der Waals surface area contributed by atoms with Crippen LogP contribution in [-0.4, -0.2) is 33.7 Å². The molecule has 2 atom stereocenters. The minimum atomic E-state index is -2.09. The number of hydrogen-bond acceptors (Lipinski definition) is 5. The molecule has 2 unspecified atom stereocenters. The van der Waals surface area contributed by atoms with Crippen molar-refractivity contribution in [1.82, 2.24) is 9.71 Å². The molecule has 7 nitrogen and oxygen atoms in total. The first-order valence-corrected chi connectivity index (χ1v) is 14.5. The summed E-state index contributed by atoms with van der Waals surface area (Å²) in [5, 5.41) is 11.9. The highest BCUT2D eigenvalue weighted by Gasteiger charge is 2.31. The van der Waals surface area contributed by atoms with E-state index in [0.717, 1.165) is 10.9 Å². The molecule has 0 saturated heterocycles. The molecule has 2 aromatic heterocycles. The van der Waals surface area contributed by atoms with Crippen molar-refractivity contribution in [3.05, 3.63) is 42.2 Å². The smallest absolute Gasteiger partial charge is 0.242 e. The van der Waals surface area contributed by atoms with Gasteiger partial charge in [0.1, 0.15) is 5.69 Å². The fourth-order valence-electron chi connectivity index (χ4n) is 2.81. The summed E-state index contributed by atoms with van der Waals surface area (Å²) < 4.78 is 34.3. The highest BCUT2D eigenvalue weighted by Crippen LogP contribution is 2.48. The molecule has 0 aliphatic carbocycles. The molecule has 29 heavy (non-hydrogen) atoms. The van der Waals surface area contributed by atoms with Crippen LogP contribution < -0.4 is 9.15 Å². The number of hydrogen-bond donors (Lipinski definition) is 3. The zero-order valence-electron chi connectivity index (χ0n) is 16.3. The summed E-state index contributed by atoms with van der Waals surface area (Å²) in [7, 11) is -2.05. The highest BCUT2D eigenvalue weighted by molar-refractivity contribution is 9.09. The monoisotopic (exact) mass is 498 g/mol. The van der Waals surface area contributed by atoms with Crippen molar-refractivity contribution in [3.63, 3.8) is 0 Å². The number of pyridine rings is 1. The van der Waals surface area contributed by atoms with Gasteiger partial charge in [-0.25, -0.2) is 13.9 Å². The average Bonchev–Trinajstić information content (AvgIpc) is 2.96. The fraction of sp³-hybridized carbons (Fsp3) is 0.316. The topological polar surface area (TPSA) is 105 Å². The van der Waals surface area contributed by atoms with Crippen LogP contribution in [0, 0.1) is 0 Å². The lowest BCUT2D eigenvalue weighted by molar-refractivity contribution is 0.438. The maximum absolute atomic E-state index is 10.9. The van der Waals surface area contributed by atoms with Crippen LogP contribution in [0.15, 0.2) is 40.8 Å². The van der Waals surface area contributed by atoms with Crippen LogP contribution in [0.25, 0.3) is 22.4 Å². The molecule has 0 fully saturated rings. The third-order valence-corrected chi connectivity index (χ3v) is 6.15. The number of halogens is 1. The maximum Gasteiger partial charge on any atom is 0.242 e. The van der Waals surface area contributed by atoms with Crippen LogP contribution in [-0.2, 0) is 11.3 Å². The van der Waals surface area contributed by atoms with Gasteiger partial charge >= 0.3 is 0 Å². The molecule has 0 spiro atoms. The SMILES string of the molecule is C[Si](C)(C)Oc1c(C(Br)CCNS(=O)O)oc(-c2ccc3ccccc3n2)c1O. The number of nitrogens with zero attached hydrogens (tertiary/aromatic N) is 1. The summed E-state index contributed by atoms with van der Waals surface area (Å²) in [6, 6.07) is 11.4. The Morgan fingerprint density at radius 2 is 2.00 bits per heavy atom. The van der Waals surface area contributed by atoms with E-state index in [-0.39, 0.29) is 22.9 Å². The Bertz CT molecular complexity index is 1040. The number of aromatic nitrogens is 1. The first-order valence-electron chi connectivity index (χ1n) is 9.05. The number of rotatable bonds is 8. The third kappa shape index (κ3) is 5.46. The number of alkyl halides is 1. The third-order valence-electron chi connectivity index (χ3n) is 4.01. The second-order valence-corrected chi connectivity index (χ2v) is 13.8. The van der Waals surface area contributed by atoms with E-state index < -0.39 is 19.6 Å². The molecule has 3 rings (SSSR count). The van der Waals surface area contributed by atoms with E-state index in [9.17, 15) is 9.32 Å². The first-order chi connectivity index (χ1) is 13.7. The largest absolute Gasteiger partial charge is 0.539 e. The number of aromatic hydroxyl groups is 1. The first kappa shape index (κ1) is 22.0. The van der Waals surface area contributed by atoms with Crippen molar-refractivity contribution in [3.8, 4) is 23.0 Å². The fourth-order valence-corrected chi connectivity index (χ4v) is 4.44. The van der Waals surface area contributed by atoms with Crippen LogP contribution in [0.2, 0.25) is 19.6 Å². The predicted molar refractivity (Wildman–Crippen MR) is 120 cm³/mol. The highest BCUT2D eigenvalue weighted by atomic mass is 79.9. The minimum Gasteiger partial charge on any atom is -0.539 e. The Morgan fingerprint density at radius 3 is 2.69 bits per heavy atom. The quantitative estimate of drug-likeness (QED) is 0.230. The van der Waals surface area contributed by atoms with Crippen molar-refractivity contribution < 1.29 is 22.7 Å². The Labute approximate surface area is 181 Å². The number of fused-ring (bicyclic) bond motifs is 1. The molecule has 3 aromatic rings. The zero-order valence-corrected chi connectivity index (χ0v) is 19.7. The lowest BCUT2D eigenvalue weighted by Gasteiger charge is -2.20. The van der Waals surface area contributed by atoms with E-state index in [1.165, 1.54) is 0 Å². The molecular weight excluding hydrogens is 476 g/mol. The van der Waals surface area contributed by atoms with E-state index in [1.54, 1.807) is 6.07 Å². The maximum atomic E-state index is 10.9. The van der Waals surface area contributed by atoms with Crippen molar-refractivity contribution in [2.75, 3.05) is 6.54 Å². The van der Waals surface area contributed by atoms with Gasteiger partial charge in [0.2, 0.25) is 25.3 Å². The molecule has 0 amide bonds. The lowest BCUT2D eigenvalue weighted by atomic mass is 10.2. The van der Waals surface area contributed by atoms with Crippen LogP contribution >= 0.6 is 15.9 Å². The average molecular weight is 499 g/mol. The number of furan rings is 1. The van der Waals surface area contributed by atoms with Gasteiger partial charge in [-0.3, -0.25) is 4.55 Å². The molecule has 0 radical (unpaired) electrons. The van der Waals surface area contributed by atoms with Crippen LogP contribution in [0.1, 0.15) is 17.0 Å². The molecular formula is C19H23BrN2O5SSi. The van der Waals surface area contributed by atoms with Crippen molar-refractivity contribution >= 4 is 46.4 Å². The van der Waals surface area contributed by atoms with Gasteiger partial charge in [0.25, 0.3) is 0 Å². The van der Waals surface area contributed by atoms with Gasteiger partial charge in [0.05, 0.1) is 10.3 Å². The van der Waals surface area contributed by atoms with Crippen LogP contribution in [0.3, 0.4) is 0 Å². The second kappa shape index (κ2) is 8.96. The van der Waals surface area contributed by atoms with E-state index >= 15 is 0 Å². The molecule has 3 N–H and O–H groups in total. The standard InChI is InChI=1S/C19H23BrN2O5SSi/c1-29(2,3)27-19-16(23)18(26-17(19)13(20)10-11-21-28(24)25)15-9-8-12-6-4-5-7-14(12)22-15/h4-9,13,21,23H,10-11H2,1-3H3,(H,24,25). The molecule has 10 heteroatoms. The van der Waals surface area contributed by atoms with Crippen LogP contribution in [0.4, 0.5) is 0 Å². The minimum absolute atomic E-state index is 0.0895. The Balaban J connectivity index is 2.01. The van der Waals surface area contributed by atoms with E-state index in [2.05, 4.69) is 25.6 Å². The lowest BCUT2D eigenvalue weighted by Crippen LogP contribution is -2.29. The second-order valence-electron chi connectivity index (χ2n) is 7.48.